The SMILES string of the molecule is CC(CN(C)C(=O)NC(C)C(N)=O)C(=O)O. The van der Waals surface area contributed by atoms with Gasteiger partial charge < -0.3 is 21.1 Å². The van der Waals surface area contributed by atoms with Crippen LogP contribution >= 0.6 is 0 Å². The maximum atomic E-state index is 11.4. The maximum Gasteiger partial charge on any atom is 0.317 e. The standard InChI is InChI=1S/C9H17N3O4/c1-5(8(14)15)4-12(3)9(16)11-6(2)7(10)13/h5-6H,4H2,1-3H3,(H2,10,13)(H,11,16)(H,14,15). The molecule has 0 radical (unpaired) electrons. The predicted molar refractivity (Wildman–Crippen MR) is 56.6 cm³/mol. The number of carboxylic acids is 1. The van der Waals surface area contributed by atoms with Gasteiger partial charge in [-0.25, -0.2) is 4.79 Å². The monoisotopic (exact) mass is 231 g/mol. The van der Waals surface area contributed by atoms with Crippen molar-refractivity contribution in [1.82, 2.24) is 10.2 Å². The molecule has 2 atom stereocenters. The maximum absolute atomic E-state index is 11.4. The molecule has 0 fully saturated rings. The molecule has 16 heavy (non-hydrogen) atoms. The number of urea groups is 1. The van der Waals surface area contributed by atoms with E-state index in [0.29, 0.717) is 0 Å². The van der Waals surface area contributed by atoms with Gasteiger partial charge in [0.1, 0.15) is 6.04 Å². The zero-order valence-corrected chi connectivity index (χ0v) is 9.56. The molecule has 0 aromatic heterocycles. The quantitative estimate of drug-likeness (QED) is 0.576. The van der Waals surface area contributed by atoms with Crippen molar-refractivity contribution in [2.24, 2.45) is 11.7 Å². The number of rotatable bonds is 5. The summed E-state index contributed by atoms with van der Waals surface area (Å²) in [6.07, 6.45) is 0. The molecule has 0 saturated carbocycles. The van der Waals surface area contributed by atoms with Crippen molar-refractivity contribution in [2.75, 3.05) is 13.6 Å². The van der Waals surface area contributed by atoms with Crippen molar-refractivity contribution < 1.29 is 19.5 Å². The summed E-state index contributed by atoms with van der Waals surface area (Å²) in [5.74, 6) is -2.30. The van der Waals surface area contributed by atoms with Gasteiger partial charge in [0.25, 0.3) is 0 Å². The number of carbonyl (C=O) groups excluding carboxylic acids is 2. The Hall–Kier alpha value is -1.79. The van der Waals surface area contributed by atoms with Crippen LogP contribution in [0.4, 0.5) is 4.79 Å². The third-order valence-corrected chi connectivity index (χ3v) is 2.08. The lowest BCUT2D eigenvalue weighted by molar-refractivity contribution is -0.141. The van der Waals surface area contributed by atoms with Gasteiger partial charge >= 0.3 is 12.0 Å². The van der Waals surface area contributed by atoms with Crippen molar-refractivity contribution in [1.29, 1.82) is 0 Å². The third-order valence-electron chi connectivity index (χ3n) is 2.08. The van der Waals surface area contributed by atoms with Gasteiger partial charge in [-0.05, 0) is 6.92 Å². The molecule has 4 N–H and O–H groups in total. The zero-order valence-electron chi connectivity index (χ0n) is 9.56. The van der Waals surface area contributed by atoms with E-state index in [9.17, 15) is 14.4 Å². The van der Waals surface area contributed by atoms with E-state index < -0.39 is 29.9 Å². The Morgan fingerprint density at radius 2 is 1.88 bits per heavy atom. The number of amides is 3. The van der Waals surface area contributed by atoms with E-state index in [1.54, 1.807) is 0 Å². The van der Waals surface area contributed by atoms with Crippen LogP contribution in [0.5, 0.6) is 0 Å². The highest BCUT2D eigenvalue weighted by molar-refractivity contribution is 5.85. The van der Waals surface area contributed by atoms with E-state index in [1.165, 1.54) is 25.8 Å². The molecule has 0 aromatic rings. The summed E-state index contributed by atoms with van der Waals surface area (Å²) in [4.78, 5) is 33.9. The highest BCUT2D eigenvalue weighted by Gasteiger charge is 2.19. The van der Waals surface area contributed by atoms with Gasteiger partial charge in [-0.2, -0.15) is 0 Å². The van der Waals surface area contributed by atoms with E-state index >= 15 is 0 Å². The Labute approximate surface area is 93.6 Å². The molecule has 7 nitrogen and oxygen atoms in total. The number of primary amides is 1. The molecule has 0 aromatic carbocycles. The number of hydrogen-bond acceptors (Lipinski definition) is 3. The van der Waals surface area contributed by atoms with Crippen molar-refractivity contribution in [3.63, 3.8) is 0 Å². The van der Waals surface area contributed by atoms with Gasteiger partial charge in [-0.1, -0.05) is 6.92 Å². The Bertz CT molecular complexity index is 292. The number of nitrogens with zero attached hydrogens (tertiary/aromatic N) is 1. The van der Waals surface area contributed by atoms with E-state index in [4.69, 9.17) is 10.8 Å². The number of carbonyl (C=O) groups is 3. The lowest BCUT2D eigenvalue weighted by Gasteiger charge is -2.21. The first-order valence-electron chi connectivity index (χ1n) is 4.79. The minimum atomic E-state index is -0.984. The molecule has 0 bridgehead atoms. The lowest BCUT2D eigenvalue weighted by atomic mass is 10.2. The van der Waals surface area contributed by atoms with Crippen molar-refractivity contribution in [3.8, 4) is 0 Å². The van der Waals surface area contributed by atoms with E-state index in [-0.39, 0.29) is 6.54 Å². The summed E-state index contributed by atoms with van der Waals surface area (Å²) in [6, 6.07) is -1.31. The smallest absolute Gasteiger partial charge is 0.317 e. The Morgan fingerprint density at radius 1 is 1.38 bits per heavy atom. The van der Waals surface area contributed by atoms with E-state index in [1.807, 2.05) is 0 Å². The molecule has 0 aliphatic heterocycles. The number of hydrogen-bond donors (Lipinski definition) is 3. The first-order valence-corrected chi connectivity index (χ1v) is 4.79. The van der Waals surface area contributed by atoms with Crippen LogP contribution < -0.4 is 11.1 Å². The number of nitrogens with one attached hydrogen (secondary N) is 1. The molecule has 2 unspecified atom stereocenters. The summed E-state index contributed by atoms with van der Waals surface area (Å²) in [7, 11) is 1.45. The van der Waals surface area contributed by atoms with Crippen LogP contribution in [-0.2, 0) is 9.59 Å². The highest BCUT2D eigenvalue weighted by atomic mass is 16.4. The average molecular weight is 231 g/mol. The molecule has 0 spiro atoms. The summed E-state index contributed by atoms with van der Waals surface area (Å²) in [5, 5.41) is 11.0. The van der Waals surface area contributed by atoms with E-state index in [0.717, 1.165) is 0 Å². The first-order chi connectivity index (χ1) is 7.25. The molecule has 0 aliphatic rings. The Kier molecular flexibility index (Phi) is 5.27. The van der Waals surface area contributed by atoms with Crippen LogP contribution in [0.1, 0.15) is 13.8 Å². The molecule has 0 aliphatic carbocycles. The fourth-order valence-corrected chi connectivity index (χ4v) is 0.938. The molecule has 0 rings (SSSR count). The van der Waals surface area contributed by atoms with Crippen LogP contribution in [-0.4, -0.2) is 47.5 Å². The van der Waals surface area contributed by atoms with Crippen LogP contribution in [0, 0.1) is 5.92 Å². The molecular weight excluding hydrogens is 214 g/mol. The largest absolute Gasteiger partial charge is 0.481 e. The topological polar surface area (TPSA) is 113 Å². The van der Waals surface area contributed by atoms with Gasteiger partial charge in [0.15, 0.2) is 0 Å². The normalized spacial score (nSPS) is 13.7. The number of nitrogens with two attached hydrogens (primary N) is 1. The second kappa shape index (κ2) is 5.94. The molecule has 0 heterocycles. The predicted octanol–water partition coefficient (Wildman–Crippen LogP) is -0.778. The van der Waals surface area contributed by atoms with Gasteiger partial charge in [0, 0.05) is 13.6 Å². The summed E-state index contributed by atoms with van der Waals surface area (Å²) >= 11 is 0. The van der Waals surface area contributed by atoms with Gasteiger partial charge in [-0.3, -0.25) is 9.59 Å². The van der Waals surface area contributed by atoms with Crippen molar-refractivity contribution in [2.45, 2.75) is 19.9 Å². The fourth-order valence-electron chi connectivity index (χ4n) is 0.938. The van der Waals surface area contributed by atoms with Crippen LogP contribution in [0.15, 0.2) is 0 Å². The minimum Gasteiger partial charge on any atom is -0.481 e. The number of aliphatic carboxylic acids is 1. The minimum absolute atomic E-state index is 0.0622. The lowest BCUT2D eigenvalue weighted by Crippen LogP contribution is -2.48. The van der Waals surface area contributed by atoms with Gasteiger partial charge in [-0.15, -0.1) is 0 Å². The highest BCUT2D eigenvalue weighted by Crippen LogP contribution is 1.98. The average Bonchev–Trinajstić information content (AvgIpc) is 2.16. The summed E-state index contributed by atoms with van der Waals surface area (Å²) < 4.78 is 0. The summed E-state index contributed by atoms with van der Waals surface area (Å²) in [6.45, 7) is 3.00. The van der Waals surface area contributed by atoms with Crippen molar-refractivity contribution in [3.05, 3.63) is 0 Å². The second-order valence-corrected chi connectivity index (χ2v) is 3.69. The fraction of sp³-hybridized carbons (Fsp3) is 0.667. The Balaban J connectivity index is 4.19. The Morgan fingerprint density at radius 3 is 2.25 bits per heavy atom. The van der Waals surface area contributed by atoms with Crippen LogP contribution in [0.25, 0.3) is 0 Å². The summed E-state index contributed by atoms with van der Waals surface area (Å²) in [5.41, 5.74) is 4.97. The molecular formula is C9H17N3O4. The van der Waals surface area contributed by atoms with Crippen LogP contribution in [0.3, 0.4) is 0 Å². The molecule has 0 saturated heterocycles. The third kappa shape index (κ3) is 4.63. The van der Waals surface area contributed by atoms with Gasteiger partial charge in [0.2, 0.25) is 5.91 Å². The molecule has 92 valence electrons. The second-order valence-electron chi connectivity index (χ2n) is 3.69. The van der Waals surface area contributed by atoms with Crippen LogP contribution in [0.2, 0.25) is 0 Å². The zero-order chi connectivity index (χ0) is 12.9. The number of carboxylic acid groups (broad SMARTS) is 1. The van der Waals surface area contributed by atoms with Gasteiger partial charge in [0.05, 0.1) is 5.92 Å². The van der Waals surface area contributed by atoms with E-state index in [2.05, 4.69) is 5.32 Å². The first kappa shape index (κ1) is 14.2. The molecule has 7 heteroatoms. The molecule has 3 amide bonds. The van der Waals surface area contributed by atoms with Crippen molar-refractivity contribution >= 4 is 17.9 Å².